The molecule has 56 heavy (non-hydrogen) atoms. The maximum Gasteiger partial charge on any atom is 0.160 e. The van der Waals surface area contributed by atoms with Gasteiger partial charge in [0.1, 0.15) is 11.5 Å². The summed E-state index contributed by atoms with van der Waals surface area (Å²) in [5.41, 5.74) is 15.7. The van der Waals surface area contributed by atoms with Crippen LogP contribution in [0.15, 0.2) is 200 Å². The number of benzene rings is 7. The minimum atomic E-state index is -0.601. The van der Waals surface area contributed by atoms with Gasteiger partial charge in [0.05, 0.1) is 22.5 Å². The molecule has 4 heteroatoms. The molecule has 1 aliphatic heterocycles. The molecule has 11 rings (SSSR count). The van der Waals surface area contributed by atoms with Crippen LogP contribution in [0.3, 0.4) is 0 Å². The number of hydrogen-bond donors (Lipinski definition) is 0. The number of ether oxygens (including phenoxy) is 1. The molecule has 0 radical (unpaired) electrons. The van der Waals surface area contributed by atoms with Gasteiger partial charge < -0.3 is 4.74 Å². The second-order valence-electron chi connectivity index (χ2n) is 14.4. The molecular weight excluding hydrogens is 683 g/mol. The van der Waals surface area contributed by atoms with Crippen molar-refractivity contribution in [3.8, 4) is 78.9 Å². The van der Waals surface area contributed by atoms with Gasteiger partial charge in [-0.1, -0.05) is 146 Å². The normalized spacial score (nSPS) is 12.9. The van der Waals surface area contributed by atoms with Gasteiger partial charge in [-0.25, -0.2) is 9.97 Å². The van der Waals surface area contributed by atoms with Gasteiger partial charge in [0, 0.05) is 39.6 Å². The zero-order chi connectivity index (χ0) is 37.1. The van der Waals surface area contributed by atoms with E-state index in [1.807, 2.05) is 54.7 Å². The van der Waals surface area contributed by atoms with E-state index < -0.39 is 5.41 Å². The Labute approximate surface area is 325 Å². The Morgan fingerprint density at radius 3 is 1.43 bits per heavy atom. The molecule has 9 aromatic rings. The number of nitrogens with zero attached hydrogens (tertiary/aromatic N) is 3. The van der Waals surface area contributed by atoms with Crippen LogP contribution in [0.4, 0.5) is 0 Å². The summed E-state index contributed by atoms with van der Waals surface area (Å²) in [4.78, 5) is 14.9. The monoisotopic (exact) mass is 715 g/mol. The van der Waals surface area contributed by atoms with E-state index in [2.05, 4.69) is 146 Å². The van der Waals surface area contributed by atoms with Crippen LogP contribution in [0.25, 0.3) is 67.4 Å². The molecule has 2 aromatic heterocycles. The SMILES string of the molecule is c1ccc(-c2cc(-c3ccccc3)nc(-c3ccc(-c4ccc5c(c4)C4(c6cc(-c7ccccn7)ccc6O5)c5ccccc5-c5ccccc54)cc3)n2)cc1. The summed E-state index contributed by atoms with van der Waals surface area (Å²) in [6.45, 7) is 0. The Morgan fingerprint density at radius 2 is 0.839 bits per heavy atom. The number of fused-ring (bicyclic) bond motifs is 9. The highest BCUT2D eigenvalue weighted by atomic mass is 16.5. The first kappa shape index (κ1) is 32.0. The second-order valence-corrected chi connectivity index (χ2v) is 14.4. The molecule has 0 fully saturated rings. The van der Waals surface area contributed by atoms with Crippen LogP contribution >= 0.6 is 0 Å². The van der Waals surface area contributed by atoms with E-state index in [1.54, 1.807) is 0 Å². The lowest BCUT2D eigenvalue weighted by Gasteiger charge is -2.40. The molecular formula is C52H33N3O. The maximum absolute atomic E-state index is 6.81. The van der Waals surface area contributed by atoms with Crippen molar-refractivity contribution in [2.75, 3.05) is 0 Å². The highest BCUT2D eigenvalue weighted by Crippen LogP contribution is 2.62. The smallest absolute Gasteiger partial charge is 0.160 e. The van der Waals surface area contributed by atoms with Gasteiger partial charge in [0.15, 0.2) is 5.82 Å². The average molecular weight is 716 g/mol. The molecule has 0 saturated heterocycles. The van der Waals surface area contributed by atoms with Gasteiger partial charge in [-0.05, 0) is 81.9 Å². The lowest BCUT2D eigenvalue weighted by molar-refractivity contribution is 0.436. The van der Waals surface area contributed by atoms with Gasteiger partial charge in [0.25, 0.3) is 0 Å². The van der Waals surface area contributed by atoms with Crippen LogP contribution in [-0.2, 0) is 5.41 Å². The molecule has 1 aliphatic carbocycles. The summed E-state index contributed by atoms with van der Waals surface area (Å²) in [7, 11) is 0. The summed E-state index contributed by atoms with van der Waals surface area (Å²) in [5, 5.41) is 0. The van der Waals surface area contributed by atoms with Gasteiger partial charge in [-0.15, -0.1) is 0 Å². The molecule has 4 nitrogen and oxygen atoms in total. The summed E-state index contributed by atoms with van der Waals surface area (Å²) >= 11 is 0. The van der Waals surface area contributed by atoms with Crippen LogP contribution in [0.5, 0.6) is 11.5 Å². The molecule has 0 saturated carbocycles. The Bertz CT molecular complexity index is 2820. The molecule has 0 amide bonds. The van der Waals surface area contributed by atoms with E-state index in [0.717, 1.165) is 73.1 Å². The Kier molecular flexibility index (Phi) is 7.36. The molecule has 0 unspecified atom stereocenters. The van der Waals surface area contributed by atoms with Crippen molar-refractivity contribution >= 4 is 0 Å². The third-order valence-electron chi connectivity index (χ3n) is 11.2. The first-order valence-corrected chi connectivity index (χ1v) is 18.9. The molecule has 3 heterocycles. The third kappa shape index (κ3) is 5.04. The topological polar surface area (TPSA) is 47.9 Å². The van der Waals surface area contributed by atoms with E-state index in [0.29, 0.717) is 5.82 Å². The lowest BCUT2D eigenvalue weighted by atomic mass is 9.65. The minimum absolute atomic E-state index is 0.601. The number of hydrogen-bond acceptors (Lipinski definition) is 4. The maximum atomic E-state index is 6.81. The van der Waals surface area contributed by atoms with E-state index in [-0.39, 0.29) is 0 Å². The summed E-state index contributed by atoms with van der Waals surface area (Å²) in [5.74, 6) is 2.40. The predicted molar refractivity (Wildman–Crippen MR) is 224 cm³/mol. The van der Waals surface area contributed by atoms with Crippen LogP contribution in [0.1, 0.15) is 22.3 Å². The van der Waals surface area contributed by atoms with Crippen LogP contribution in [-0.4, -0.2) is 15.0 Å². The average Bonchev–Trinajstić information content (AvgIpc) is 3.58. The summed E-state index contributed by atoms with van der Waals surface area (Å²) in [6, 6.07) is 68.2. The first-order chi connectivity index (χ1) is 27.7. The van der Waals surface area contributed by atoms with Crippen molar-refractivity contribution in [2.45, 2.75) is 5.41 Å². The predicted octanol–water partition coefficient (Wildman–Crippen LogP) is 12.7. The number of aromatic nitrogens is 3. The molecule has 262 valence electrons. The fraction of sp³-hybridized carbons (Fsp3) is 0.0192. The van der Waals surface area contributed by atoms with Crippen molar-refractivity contribution in [3.05, 3.63) is 223 Å². The fourth-order valence-electron chi connectivity index (χ4n) is 8.68. The minimum Gasteiger partial charge on any atom is -0.457 e. The van der Waals surface area contributed by atoms with Crippen molar-refractivity contribution in [1.82, 2.24) is 15.0 Å². The van der Waals surface area contributed by atoms with Gasteiger partial charge in [-0.3, -0.25) is 4.98 Å². The standard InChI is InChI=1S/C52H33N3O/c1-3-13-35(14-4-1)47-33-48(36-15-5-2-6-16-36)55-51(54-47)37-24-22-34(23-25-37)38-26-28-49-44(31-38)52(42-19-9-7-17-40(42)41-18-8-10-20-43(41)52)45-32-39(27-29-50(45)56-49)46-21-11-12-30-53-46/h1-33H. The molecule has 7 aromatic carbocycles. The van der Waals surface area contributed by atoms with Crippen molar-refractivity contribution < 1.29 is 4.74 Å². The second kappa shape index (κ2) is 12.9. The van der Waals surface area contributed by atoms with Crippen LogP contribution in [0.2, 0.25) is 0 Å². The van der Waals surface area contributed by atoms with Crippen LogP contribution < -0.4 is 4.74 Å². The quantitative estimate of drug-likeness (QED) is 0.178. The highest BCUT2D eigenvalue weighted by molar-refractivity contribution is 5.90. The Morgan fingerprint density at radius 1 is 0.339 bits per heavy atom. The zero-order valence-electron chi connectivity index (χ0n) is 30.3. The molecule has 0 N–H and O–H groups in total. The molecule has 2 aliphatic rings. The summed E-state index contributed by atoms with van der Waals surface area (Å²) < 4.78 is 6.81. The van der Waals surface area contributed by atoms with Crippen molar-refractivity contribution in [1.29, 1.82) is 0 Å². The van der Waals surface area contributed by atoms with E-state index in [1.165, 1.54) is 22.3 Å². The van der Waals surface area contributed by atoms with Gasteiger partial charge in [-0.2, -0.15) is 0 Å². The number of pyridine rings is 1. The third-order valence-corrected chi connectivity index (χ3v) is 11.2. The van der Waals surface area contributed by atoms with Crippen molar-refractivity contribution in [2.24, 2.45) is 0 Å². The Hall–Kier alpha value is -7.43. The van der Waals surface area contributed by atoms with E-state index in [9.17, 15) is 0 Å². The molecule has 0 bridgehead atoms. The summed E-state index contributed by atoms with van der Waals surface area (Å²) in [6.07, 6.45) is 1.85. The largest absolute Gasteiger partial charge is 0.457 e. The zero-order valence-corrected chi connectivity index (χ0v) is 30.3. The van der Waals surface area contributed by atoms with E-state index in [4.69, 9.17) is 19.7 Å². The fourth-order valence-corrected chi connectivity index (χ4v) is 8.68. The number of rotatable bonds is 5. The highest BCUT2D eigenvalue weighted by Gasteiger charge is 2.51. The van der Waals surface area contributed by atoms with Gasteiger partial charge >= 0.3 is 0 Å². The van der Waals surface area contributed by atoms with Gasteiger partial charge in [0.2, 0.25) is 0 Å². The van der Waals surface area contributed by atoms with Crippen molar-refractivity contribution in [3.63, 3.8) is 0 Å². The molecule has 1 spiro atoms. The first-order valence-electron chi connectivity index (χ1n) is 18.9. The Balaban J connectivity index is 1.06. The van der Waals surface area contributed by atoms with E-state index >= 15 is 0 Å². The lowest BCUT2D eigenvalue weighted by Crippen LogP contribution is -2.32. The molecule has 0 atom stereocenters. The van der Waals surface area contributed by atoms with Crippen LogP contribution in [0, 0.1) is 0 Å².